The molecule has 4 atom stereocenters. The van der Waals surface area contributed by atoms with Crippen molar-refractivity contribution in [2.45, 2.75) is 71.4 Å². The van der Waals surface area contributed by atoms with Gasteiger partial charge in [-0.3, -0.25) is 9.59 Å². The fourth-order valence-corrected chi connectivity index (χ4v) is 5.34. The molecule has 0 spiro atoms. The molecule has 0 radical (unpaired) electrons. The summed E-state index contributed by atoms with van der Waals surface area (Å²) in [5.41, 5.74) is 3.04. The van der Waals surface area contributed by atoms with Crippen LogP contribution in [-0.2, 0) is 17.8 Å². The van der Waals surface area contributed by atoms with Crippen molar-refractivity contribution in [1.29, 1.82) is 0 Å². The summed E-state index contributed by atoms with van der Waals surface area (Å²) in [6, 6.07) is 12.5. The van der Waals surface area contributed by atoms with Gasteiger partial charge in [0.05, 0.1) is 0 Å². The number of nitrogens with zero attached hydrogens (tertiary/aromatic N) is 2. The van der Waals surface area contributed by atoms with E-state index in [0.717, 1.165) is 43.5 Å². The van der Waals surface area contributed by atoms with Crippen LogP contribution in [0.4, 0.5) is 10.5 Å². The minimum atomic E-state index is -0.621. The summed E-state index contributed by atoms with van der Waals surface area (Å²) in [6.07, 6.45) is 5.09. The van der Waals surface area contributed by atoms with Crippen molar-refractivity contribution in [2.24, 2.45) is 11.8 Å². The van der Waals surface area contributed by atoms with E-state index in [9.17, 15) is 14.4 Å². The molecule has 7 nitrogen and oxygen atoms in total. The van der Waals surface area contributed by atoms with Crippen LogP contribution in [0.1, 0.15) is 63.6 Å². The first-order chi connectivity index (χ1) is 16.9. The zero-order valence-electron chi connectivity index (χ0n) is 21.1. The molecule has 2 bridgehead atoms. The van der Waals surface area contributed by atoms with Crippen molar-refractivity contribution >= 4 is 17.6 Å². The van der Waals surface area contributed by atoms with E-state index in [1.54, 1.807) is 12.1 Å². The molecule has 2 aliphatic heterocycles. The summed E-state index contributed by atoms with van der Waals surface area (Å²) >= 11 is 0. The number of fused-ring (bicyclic) bond motifs is 4. The lowest BCUT2D eigenvalue weighted by atomic mass is 9.83. The molecule has 7 heteroatoms. The normalized spacial score (nSPS) is 20.5. The minimum absolute atomic E-state index is 0.00799. The zero-order valence-corrected chi connectivity index (χ0v) is 21.1. The van der Waals surface area contributed by atoms with Gasteiger partial charge in [-0.2, -0.15) is 0 Å². The molecular weight excluding hydrogens is 440 g/mol. The number of pyridine rings is 1. The van der Waals surface area contributed by atoms with Gasteiger partial charge in [-0.15, -0.1) is 0 Å². The smallest absolute Gasteiger partial charge is 0.318 e. The van der Waals surface area contributed by atoms with Crippen LogP contribution in [0.25, 0.3) is 0 Å². The Hall–Kier alpha value is -3.09. The Labute approximate surface area is 207 Å². The van der Waals surface area contributed by atoms with Crippen molar-refractivity contribution in [2.75, 3.05) is 18.4 Å². The lowest BCUT2D eigenvalue weighted by Gasteiger charge is -2.43. The van der Waals surface area contributed by atoms with Crippen LogP contribution < -0.4 is 16.2 Å². The maximum atomic E-state index is 13.3. The highest BCUT2D eigenvalue weighted by molar-refractivity contribution is 5.97. The van der Waals surface area contributed by atoms with E-state index < -0.39 is 6.04 Å². The van der Waals surface area contributed by atoms with E-state index in [4.69, 9.17) is 0 Å². The van der Waals surface area contributed by atoms with E-state index >= 15 is 0 Å². The van der Waals surface area contributed by atoms with Crippen molar-refractivity contribution in [3.63, 3.8) is 0 Å². The van der Waals surface area contributed by atoms with Crippen LogP contribution in [-0.4, -0.2) is 40.5 Å². The number of piperidine rings is 1. The molecule has 0 unspecified atom stereocenters. The molecule has 0 saturated carbocycles. The van der Waals surface area contributed by atoms with Gasteiger partial charge in [0.25, 0.3) is 5.56 Å². The summed E-state index contributed by atoms with van der Waals surface area (Å²) in [5.74, 6) is 0.188. The number of unbranched alkanes of at least 4 members (excludes halogenated alkanes) is 1. The molecular formula is C28H38N4O3. The first-order valence-electron chi connectivity index (χ1n) is 13.0. The first-order valence-corrected chi connectivity index (χ1v) is 13.0. The average molecular weight is 479 g/mol. The zero-order chi connectivity index (χ0) is 24.9. The van der Waals surface area contributed by atoms with E-state index in [1.165, 1.54) is 5.56 Å². The predicted octanol–water partition coefficient (Wildman–Crippen LogP) is 4.37. The Morgan fingerprint density at radius 1 is 1.06 bits per heavy atom. The first kappa shape index (κ1) is 25.0. The van der Waals surface area contributed by atoms with Gasteiger partial charge < -0.3 is 20.1 Å². The molecule has 1 aromatic heterocycles. The van der Waals surface area contributed by atoms with Crippen molar-refractivity contribution in [3.05, 3.63) is 64.1 Å². The minimum Gasteiger partial charge on any atom is -0.326 e. The number of aryl methyl sites for hydroxylation is 1. The number of amides is 3. The quantitative estimate of drug-likeness (QED) is 0.591. The Kier molecular flexibility index (Phi) is 7.93. The number of urea groups is 1. The Balaban J connectivity index is 1.42. The summed E-state index contributed by atoms with van der Waals surface area (Å²) in [5, 5.41) is 6.03. The fourth-order valence-electron chi connectivity index (χ4n) is 5.34. The number of carbonyl (C=O) groups is 2. The average Bonchev–Trinajstić information content (AvgIpc) is 2.86. The third kappa shape index (κ3) is 5.77. The number of aromatic nitrogens is 1. The topological polar surface area (TPSA) is 83.4 Å². The highest BCUT2D eigenvalue weighted by atomic mass is 16.2. The molecule has 1 saturated heterocycles. The number of anilines is 1. The van der Waals surface area contributed by atoms with Crippen molar-refractivity contribution < 1.29 is 9.59 Å². The second-order valence-electron chi connectivity index (χ2n) is 10.2. The van der Waals surface area contributed by atoms with Crippen LogP contribution in [0.15, 0.2) is 47.3 Å². The summed E-state index contributed by atoms with van der Waals surface area (Å²) in [7, 11) is 0. The van der Waals surface area contributed by atoms with Gasteiger partial charge >= 0.3 is 6.03 Å². The molecule has 2 aliphatic rings. The number of likely N-dealkylation sites (tertiary alicyclic amines) is 1. The predicted molar refractivity (Wildman–Crippen MR) is 139 cm³/mol. The molecule has 2 aromatic rings. The van der Waals surface area contributed by atoms with Gasteiger partial charge in [0.1, 0.15) is 6.04 Å². The van der Waals surface area contributed by atoms with E-state index in [0.29, 0.717) is 19.6 Å². The fraction of sp³-hybridized carbons (Fsp3) is 0.536. The van der Waals surface area contributed by atoms with Crippen LogP contribution in [0.5, 0.6) is 0 Å². The summed E-state index contributed by atoms with van der Waals surface area (Å²) in [4.78, 5) is 40.6. The second-order valence-corrected chi connectivity index (χ2v) is 10.2. The number of benzene rings is 1. The molecule has 188 valence electrons. The second kappa shape index (κ2) is 11.1. The van der Waals surface area contributed by atoms with Gasteiger partial charge in [0, 0.05) is 43.0 Å². The van der Waals surface area contributed by atoms with Crippen LogP contribution in [0, 0.1) is 11.8 Å². The third-order valence-corrected chi connectivity index (χ3v) is 7.58. The van der Waals surface area contributed by atoms with Crippen molar-refractivity contribution in [1.82, 2.24) is 14.8 Å². The van der Waals surface area contributed by atoms with E-state index in [2.05, 4.69) is 29.7 Å². The summed E-state index contributed by atoms with van der Waals surface area (Å²) in [6.45, 7) is 7.98. The largest absolute Gasteiger partial charge is 0.326 e. The molecule has 4 rings (SSSR count). The maximum Gasteiger partial charge on any atom is 0.318 e. The van der Waals surface area contributed by atoms with Gasteiger partial charge in [-0.1, -0.05) is 51.8 Å². The van der Waals surface area contributed by atoms with E-state index in [-0.39, 0.29) is 35.3 Å². The lowest BCUT2D eigenvalue weighted by Crippen LogP contribution is -2.56. The summed E-state index contributed by atoms with van der Waals surface area (Å²) < 4.78 is 1.86. The number of hydrogen-bond donors (Lipinski definition) is 2. The monoisotopic (exact) mass is 478 g/mol. The molecule has 1 fully saturated rings. The SMILES string of the molecule is CCCCc1ccc(NC(=O)[C@@H](NC(=O)N2C[C@@H]3C[C@@H](C2)c2cccc(=O)n2C3)[C@H](C)CC)cc1. The number of nitrogens with one attached hydrogen (secondary N) is 2. The van der Waals surface area contributed by atoms with Gasteiger partial charge in [-0.05, 0) is 54.9 Å². The number of hydrogen-bond acceptors (Lipinski definition) is 3. The molecule has 3 amide bonds. The van der Waals surface area contributed by atoms with Crippen molar-refractivity contribution in [3.8, 4) is 0 Å². The van der Waals surface area contributed by atoms with E-state index in [1.807, 2.05) is 41.5 Å². The van der Waals surface area contributed by atoms with Gasteiger partial charge in [-0.25, -0.2) is 4.79 Å². The molecule has 2 N–H and O–H groups in total. The molecule has 35 heavy (non-hydrogen) atoms. The number of carbonyl (C=O) groups excluding carboxylic acids is 2. The third-order valence-electron chi connectivity index (χ3n) is 7.58. The lowest BCUT2D eigenvalue weighted by molar-refractivity contribution is -0.119. The maximum absolute atomic E-state index is 13.3. The molecule has 1 aromatic carbocycles. The molecule has 0 aliphatic carbocycles. The van der Waals surface area contributed by atoms with Crippen LogP contribution in [0.2, 0.25) is 0 Å². The number of rotatable bonds is 8. The Bertz CT molecular complexity index is 1090. The standard InChI is InChI=1S/C28H38N4O3/c1-4-6-8-20-11-13-23(14-12-20)29-27(34)26(19(3)5-2)30-28(35)31-16-21-15-22(18-31)24-9-7-10-25(33)32(24)17-21/h7,9-14,19,21-22,26H,4-6,8,15-18H2,1-3H3,(H,29,34)(H,30,35)/t19-,21+,22+,26+/m1/s1. The Morgan fingerprint density at radius 3 is 2.54 bits per heavy atom. The van der Waals surface area contributed by atoms with Gasteiger partial charge in [0.2, 0.25) is 5.91 Å². The highest BCUT2D eigenvalue weighted by Crippen LogP contribution is 2.35. The van der Waals surface area contributed by atoms with Crippen LogP contribution in [0.3, 0.4) is 0 Å². The Morgan fingerprint density at radius 2 is 1.83 bits per heavy atom. The highest BCUT2D eigenvalue weighted by Gasteiger charge is 2.37. The van der Waals surface area contributed by atoms with Gasteiger partial charge in [0.15, 0.2) is 0 Å². The van der Waals surface area contributed by atoms with Crippen LogP contribution >= 0.6 is 0 Å². The molecule has 3 heterocycles.